The topological polar surface area (TPSA) is 21.3 Å². The summed E-state index contributed by atoms with van der Waals surface area (Å²) in [7, 11) is 1.94. The fraction of sp³-hybridized carbons (Fsp3) is 0.222. The molecule has 1 heterocycles. The van der Waals surface area contributed by atoms with E-state index in [2.05, 4.69) is 54.0 Å². The molecule has 4 heteroatoms. The molecular weight excluding hydrogens is 314 g/mol. The van der Waals surface area contributed by atoms with Crippen LogP contribution in [-0.2, 0) is 0 Å². The largest absolute Gasteiger partial charge is 0.474 e. The van der Waals surface area contributed by atoms with Crippen LogP contribution in [0.4, 0.5) is 0 Å². The molecule has 116 valence electrons. The zero-order valence-electron chi connectivity index (χ0n) is 12.7. The zero-order valence-corrected chi connectivity index (χ0v) is 14.3. The number of likely N-dealkylation sites (N-methyl/N-ethyl adjacent to an activating group) is 1. The van der Waals surface area contributed by atoms with E-state index in [1.807, 2.05) is 25.2 Å². The van der Waals surface area contributed by atoms with Gasteiger partial charge in [0.2, 0.25) is 0 Å². The Hall–Kier alpha value is -1.55. The molecule has 1 aromatic heterocycles. The Labute approximate surface area is 141 Å². The summed E-state index contributed by atoms with van der Waals surface area (Å²) in [5.74, 6) is 1.23. The van der Waals surface area contributed by atoms with E-state index in [4.69, 9.17) is 4.74 Å². The Morgan fingerprint density at radius 3 is 2.50 bits per heavy atom. The third-order valence-electron chi connectivity index (χ3n) is 3.73. The zero-order chi connectivity index (χ0) is 14.7. The Morgan fingerprint density at radius 1 is 1.00 bits per heavy atom. The Morgan fingerprint density at radius 2 is 1.77 bits per heavy atom. The van der Waals surface area contributed by atoms with Crippen molar-refractivity contribution in [1.82, 2.24) is 5.32 Å². The first-order chi connectivity index (χ1) is 10.3. The second-order valence-corrected chi connectivity index (χ2v) is 6.09. The van der Waals surface area contributed by atoms with Gasteiger partial charge in [-0.1, -0.05) is 49.4 Å². The quantitative estimate of drug-likeness (QED) is 0.659. The summed E-state index contributed by atoms with van der Waals surface area (Å²) < 4.78 is 6.26. The van der Waals surface area contributed by atoms with Crippen molar-refractivity contribution in [1.29, 1.82) is 0 Å². The lowest BCUT2D eigenvalue weighted by molar-refractivity contribution is 0.152. The lowest BCUT2D eigenvalue weighted by Crippen LogP contribution is -2.36. The molecule has 0 radical (unpaired) electrons. The minimum atomic E-state index is -0.0468. The van der Waals surface area contributed by atoms with E-state index in [9.17, 15) is 0 Å². The van der Waals surface area contributed by atoms with E-state index >= 15 is 0 Å². The van der Waals surface area contributed by atoms with E-state index in [0.29, 0.717) is 5.92 Å². The lowest BCUT2D eigenvalue weighted by Gasteiger charge is -2.24. The van der Waals surface area contributed by atoms with Crippen molar-refractivity contribution in [2.24, 2.45) is 0 Å². The van der Waals surface area contributed by atoms with Gasteiger partial charge in [-0.3, -0.25) is 5.32 Å². The SMILES string of the molecule is CNC(Oc1cccc2ccccc12)C(C)c1cccs1.Cl. The molecule has 2 nitrogen and oxygen atoms in total. The van der Waals surface area contributed by atoms with Gasteiger partial charge in [-0.2, -0.15) is 0 Å². The Kier molecular flexibility index (Phi) is 5.83. The van der Waals surface area contributed by atoms with Gasteiger partial charge in [0, 0.05) is 16.2 Å². The number of hydrogen-bond acceptors (Lipinski definition) is 3. The van der Waals surface area contributed by atoms with Gasteiger partial charge in [0.15, 0.2) is 6.23 Å². The van der Waals surface area contributed by atoms with E-state index in [0.717, 1.165) is 11.1 Å². The van der Waals surface area contributed by atoms with Gasteiger partial charge >= 0.3 is 0 Å². The van der Waals surface area contributed by atoms with E-state index in [1.165, 1.54) is 10.3 Å². The van der Waals surface area contributed by atoms with Gasteiger partial charge in [0.25, 0.3) is 0 Å². The molecule has 2 aromatic carbocycles. The molecule has 0 bridgehead atoms. The Bertz CT molecular complexity index is 709. The average molecular weight is 334 g/mol. The van der Waals surface area contributed by atoms with Crippen molar-refractivity contribution in [2.75, 3.05) is 7.05 Å². The van der Waals surface area contributed by atoms with Crippen LogP contribution in [0, 0.1) is 0 Å². The highest BCUT2D eigenvalue weighted by Gasteiger charge is 2.20. The fourth-order valence-electron chi connectivity index (χ4n) is 2.55. The van der Waals surface area contributed by atoms with Crippen LogP contribution in [0.15, 0.2) is 60.0 Å². The van der Waals surface area contributed by atoms with Crippen molar-refractivity contribution in [3.63, 3.8) is 0 Å². The molecule has 0 aliphatic carbocycles. The van der Waals surface area contributed by atoms with Crippen LogP contribution in [0.25, 0.3) is 10.8 Å². The first-order valence-corrected chi connectivity index (χ1v) is 8.02. The monoisotopic (exact) mass is 333 g/mol. The number of thiophene rings is 1. The number of benzene rings is 2. The molecule has 0 fully saturated rings. The van der Waals surface area contributed by atoms with Crippen LogP contribution < -0.4 is 10.1 Å². The molecular formula is C18H20ClNOS. The second kappa shape index (κ2) is 7.63. The van der Waals surface area contributed by atoms with Crippen molar-refractivity contribution < 1.29 is 4.74 Å². The van der Waals surface area contributed by atoms with Gasteiger partial charge in [-0.15, -0.1) is 23.7 Å². The molecule has 3 aromatic rings. The number of halogens is 1. The van der Waals surface area contributed by atoms with Gasteiger partial charge in [0.05, 0.1) is 0 Å². The van der Waals surface area contributed by atoms with Crippen molar-refractivity contribution >= 4 is 34.5 Å². The third kappa shape index (κ3) is 3.43. The second-order valence-electron chi connectivity index (χ2n) is 5.11. The van der Waals surface area contributed by atoms with Crippen LogP contribution in [0.2, 0.25) is 0 Å². The summed E-state index contributed by atoms with van der Waals surface area (Å²) in [5.41, 5.74) is 0. The third-order valence-corrected chi connectivity index (χ3v) is 4.81. The predicted molar refractivity (Wildman–Crippen MR) is 97.4 cm³/mol. The van der Waals surface area contributed by atoms with Crippen LogP contribution in [-0.4, -0.2) is 13.3 Å². The number of rotatable bonds is 5. The highest BCUT2D eigenvalue weighted by atomic mass is 35.5. The van der Waals surface area contributed by atoms with Crippen LogP contribution in [0.5, 0.6) is 5.75 Å². The maximum absolute atomic E-state index is 6.26. The molecule has 1 N–H and O–H groups in total. The lowest BCUT2D eigenvalue weighted by atomic mass is 10.1. The highest BCUT2D eigenvalue weighted by molar-refractivity contribution is 7.10. The van der Waals surface area contributed by atoms with E-state index in [-0.39, 0.29) is 18.6 Å². The van der Waals surface area contributed by atoms with Crippen molar-refractivity contribution in [2.45, 2.75) is 19.1 Å². The Balaban J connectivity index is 0.00000176. The van der Waals surface area contributed by atoms with Gasteiger partial charge in [-0.25, -0.2) is 0 Å². The van der Waals surface area contributed by atoms with Crippen LogP contribution in [0.1, 0.15) is 17.7 Å². The summed E-state index contributed by atoms with van der Waals surface area (Å²) in [5, 5.41) is 7.75. The standard InChI is InChI=1S/C18H19NOS.ClH/c1-13(17-11-6-12-21-17)18(19-2)20-16-10-5-8-14-7-3-4-9-15(14)16;/h3-13,18-19H,1-2H3;1H. The first-order valence-electron chi connectivity index (χ1n) is 7.14. The molecule has 0 aliphatic rings. The van der Waals surface area contributed by atoms with E-state index in [1.54, 1.807) is 11.3 Å². The molecule has 0 amide bonds. The summed E-state index contributed by atoms with van der Waals surface area (Å²) >= 11 is 1.77. The molecule has 3 rings (SSSR count). The number of fused-ring (bicyclic) bond motifs is 1. The van der Waals surface area contributed by atoms with Crippen LogP contribution in [0.3, 0.4) is 0 Å². The average Bonchev–Trinajstić information content (AvgIpc) is 3.06. The summed E-state index contributed by atoms with van der Waals surface area (Å²) in [4.78, 5) is 1.33. The minimum absolute atomic E-state index is 0. The smallest absolute Gasteiger partial charge is 0.157 e. The van der Waals surface area contributed by atoms with Gasteiger partial charge in [0.1, 0.15) is 5.75 Å². The maximum atomic E-state index is 6.26. The fourth-order valence-corrected chi connectivity index (χ4v) is 3.36. The minimum Gasteiger partial charge on any atom is -0.474 e. The first kappa shape index (κ1) is 16.8. The van der Waals surface area contributed by atoms with Crippen LogP contribution >= 0.6 is 23.7 Å². The normalized spacial score (nSPS) is 13.4. The summed E-state index contributed by atoms with van der Waals surface area (Å²) in [6.45, 7) is 2.19. The molecule has 0 spiro atoms. The molecule has 0 aliphatic heterocycles. The number of ether oxygens (including phenoxy) is 1. The molecule has 2 unspecified atom stereocenters. The van der Waals surface area contributed by atoms with Gasteiger partial charge < -0.3 is 4.74 Å². The number of hydrogen-bond donors (Lipinski definition) is 1. The van der Waals surface area contributed by atoms with Gasteiger partial charge in [-0.05, 0) is 29.9 Å². The molecule has 2 atom stereocenters. The number of nitrogens with one attached hydrogen (secondary N) is 1. The molecule has 22 heavy (non-hydrogen) atoms. The van der Waals surface area contributed by atoms with Crippen molar-refractivity contribution in [3.05, 3.63) is 64.9 Å². The maximum Gasteiger partial charge on any atom is 0.157 e. The highest BCUT2D eigenvalue weighted by Crippen LogP contribution is 2.30. The van der Waals surface area contributed by atoms with E-state index < -0.39 is 0 Å². The summed E-state index contributed by atoms with van der Waals surface area (Å²) in [6, 6.07) is 18.7. The summed E-state index contributed by atoms with van der Waals surface area (Å²) in [6.07, 6.45) is -0.0468. The molecule has 0 saturated carbocycles. The van der Waals surface area contributed by atoms with Crippen molar-refractivity contribution in [3.8, 4) is 5.75 Å². The predicted octanol–water partition coefficient (Wildman–Crippen LogP) is 5.05. The molecule has 0 saturated heterocycles.